The van der Waals surface area contributed by atoms with Gasteiger partial charge < -0.3 is 10.2 Å². The third-order valence-electron chi connectivity index (χ3n) is 3.97. The fraction of sp³-hybridized carbons (Fsp3) is 0.692. The van der Waals surface area contributed by atoms with E-state index in [-0.39, 0.29) is 0 Å². The Morgan fingerprint density at radius 2 is 2.25 bits per heavy atom. The summed E-state index contributed by atoms with van der Waals surface area (Å²) >= 11 is 1.79. The first-order valence-corrected chi connectivity index (χ1v) is 7.19. The Morgan fingerprint density at radius 1 is 1.50 bits per heavy atom. The van der Waals surface area contributed by atoms with Crippen molar-refractivity contribution < 1.29 is 0 Å². The van der Waals surface area contributed by atoms with Crippen molar-refractivity contribution in [1.82, 2.24) is 5.32 Å². The molecule has 2 heterocycles. The Morgan fingerprint density at radius 3 is 2.81 bits per heavy atom. The lowest BCUT2D eigenvalue weighted by molar-refractivity contribution is 0.254. The van der Waals surface area contributed by atoms with E-state index in [4.69, 9.17) is 0 Å². The van der Waals surface area contributed by atoms with Crippen LogP contribution in [-0.4, -0.2) is 24.7 Å². The zero-order valence-corrected chi connectivity index (χ0v) is 11.3. The summed E-state index contributed by atoms with van der Waals surface area (Å²) in [6.45, 7) is 9.12. The molecule has 0 radical (unpaired) electrons. The second kappa shape index (κ2) is 4.76. The van der Waals surface area contributed by atoms with Crippen LogP contribution in [0.5, 0.6) is 0 Å². The van der Waals surface area contributed by atoms with Crippen LogP contribution in [0, 0.1) is 0 Å². The molecule has 16 heavy (non-hydrogen) atoms. The lowest BCUT2D eigenvalue weighted by Gasteiger charge is -2.47. The maximum atomic E-state index is 3.74. The van der Waals surface area contributed by atoms with E-state index in [0.717, 1.165) is 13.1 Å². The lowest BCUT2D eigenvalue weighted by Crippen LogP contribution is -2.63. The van der Waals surface area contributed by atoms with Crippen LogP contribution in [0.15, 0.2) is 16.8 Å². The van der Waals surface area contributed by atoms with Crippen molar-refractivity contribution in [2.24, 2.45) is 0 Å². The number of piperazine rings is 1. The summed E-state index contributed by atoms with van der Waals surface area (Å²) in [5.74, 6) is 0. The zero-order chi connectivity index (χ0) is 11.6. The van der Waals surface area contributed by atoms with E-state index in [0.29, 0.717) is 11.6 Å². The van der Waals surface area contributed by atoms with Crippen molar-refractivity contribution >= 4 is 17.0 Å². The second-order valence-electron chi connectivity index (χ2n) is 4.83. The standard InChI is InChI=1S/C13H22N2S/c1-4-13(5-2)10-15(11(3)8-14-13)12-6-7-16-9-12/h6-7,9,11,14H,4-5,8,10H2,1-3H3. The van der Waals surface area contributed by atoms with Gasteiger partial charge in [-0.05, 0) is 31.2 Å². The average Bonchev–Trinajstić information content (AvgIpc) is 2.84. The molecular weight excluding hydrogens is 216 g/mol. The average molecular weight is 238 g/mol. The molecule has 2 rings (SSSR count). The summed E-state index contributed by atoms with van der Waals surface area (Å²) in [7, 11) is 0. The van der Waals surface area contributed by atoms with Crippen molar-refractivity contribution in [2.45, 2.75) is 45.2 Å². The minimum atomic E-state index is 0.314. The van der Waals surface area contributed by atoms with E-state index in [9.17, 15) is 0 Å². The van der Waals surface area contributed by atoms with Gasteiger partial charge in [0.2, 0.25) is 0 Å². The molecule has 1 N–H and O–H groups in total. The first-order valence-electron chi connectivity index (χ1n) is 6.24. The molecule has 1 aliphatic rings. The predicted molar refractivity (Wildman–Crippen MR) is 72.4 cm³/mol. The van der Waals surface area contributed by atoms with Crippen LogP contribution in [0.25, 0.3) is 0 Å². The number of hydrogen-bond donors (Lipinski definition) is 1. The summed E-state index contributed by atoms with van der Waals surface area (Å²) in [6, 6.07) is 2.84. The van der Waals surface area contributed by atoms with Crippen molar-refractivity contribution in [3.8, 4) is 0 Å². The Kier molecular flexibility index (Phi) is 3.55. The molecule has 0 amide bonds. The van der Waals surface area contributed by atoms with Gasteiger partial charge in [-0.1, -0.05) is 13.8 Å². The van der Waals surface area contributed by atoms with E-state index in [1.807, 2.05) is 0 Å². The largest absolute Gasteiger partial charge is 0.365 e. The van der Waals surface area contributed by atoms with Crippen molar-refractivity contribution in [2.75, 3.05) is 18.0 Å². The number of hydrogen-bond acceptors (Lipinski definition) is 3. The maximum Gasteiger partial charge on any atom is 0.0478 e. The first kappa shape index (κ1) is 11.9. The van der Waals surface area contributed by atoms with Gasteiger partial charge in [0, 0.05) is 35.7 Å². The molecule has 2 nitrogen and oxygen atoms in total. The fourth-order valence-electron chi connectivity index (χ4n) is 2.50. The van der Waals surface area contributed by atoms with Crippen molar-refractivity contribution in [3.63, 3.8) is 0 Å². The van der Waals surface area contributed by atoms with E-state index in [1.54, 1.807) is 11.3 Å². The molecule has 0 saturated carbocycles. The Bertz CT molecular complexity index is 317. The molecule has 1 aliphatic heterocycles. The van der Waals surface area contributed by atoms with E-state index in [2.05, 4.69) is 47.8 Å². The van der Waals surface area contributed by atoms with Gasteiger partial charge in [-0.25, -0.2) is 0 Å². The molecule has 1 aromatic rings. The normalized spacial score (nSPS) is 24.7. The van der Waals surface area contributed by atoms with Crippen molar-refractivity contribution in [1.29, 1.82) is 0 Å². The van der Waals surface area contributed by atoms with Crippen molar-refractivity contribution in [3.05, 3.63) is 16.8 Å². The maximum absolute atomic E-state index is 3.74. The Hall–Kier alpha value is -0.540. The van der Waals surface area contributed by atoms with Gasteiger partial charge >= 0.3 is 0 Å². The highest BCUT2D eigenvalue weighted by molar-refractivity contribution is 7.08. The summed E-state index contributed by atoms with van der Waals surface area (Å²) in [5.41, 5.74) is 1.71. The quantitative estimate of drug-likeness (QED) is 0.870. The lowest BCUT2D eigenvalue weighted by atomic mass is 9.88. The monoisotopic (exact) mass is 238 g/mol. The number of anilines is 1. The fourth-order valence-corrected chi connectivity index (χ4v) is 3.15. The van der Waals surface area contributed by atoms with Crippen LogP contribution in [-0.2, 0) is 0 Å². The van der Waals surface area contributed by atoms with E-state index in [1.165, 1.54) is 18.5 Å². The zero-order valence-electron chi connectivity index (χ0n) is 10.5. The molecule has 1 atom stereocenters. The van der Waals surface area contributed by atoms with Crippen LogP contribution < -0.4 is 10.2 Å². The SMILES string of the molecule is CCC1(CC)CN(c2ccsc2)C(C)CN1. The molecular formula is C13H22N2S. The topological polar surface area (TPSA) is 15.3 Å². The molecule has 3 heteroatoms. The first-order chi connectivity index (χ1) is 7.71. The minimum absolute atomic E-state index is 0.314. The summed E-state index contributed by atoms with van der Waals surface area (Å²) in [6.07, 6.45) is 2.41. The third kappa shape index (κ3) is 2.11. The van der Waals surface area contributed by atoms with Gasteiger partial charge in [0.15, 0.2) is 0 Å². The van der Waals surface area contributed by atoms with Crippen LogP contribution in [0.4, 0.5) is 5.69 Å². The third-order valence-corrected chi connectivity index (χ3v) is 4.64. The highest BCUT2D eigenvalue weighted by Crippen LogP contribution is 2.28. The van der Waals surface area contributed by atoms with Gasteiger partial charge in [-0.3, -0.25) is 0 Å². The minimum Gasteiger partial charge on any atom is -0.365 e. The van der Waals surface area contributed by atoms with Crippen LogP contribution in [0.2, 0.25) is 0 Å². The highest BCUT2D eigenvalue weighted by atomic mass is 32.1. The second-order valence-corrected chi connectivity index (χ2v) is 5.61. The molecule has 1 aromatic heterocycles. The molecule has 1 saturated heterocycles. The Labute approximate surface area is 103 Å². The smallest absolute Gasteiger partial charge is 0.0478 e. The molecule has 0 aliphatic carbocycles. The summed E-state index contributed by atoms with van der Waals surface area (Å²) < 4.78 is 0. The number of nitrogens with zero attached hydrogens (tertiary/aromatic N) is 1. The van der Waals surface area contributed by atoms with Crippen LogP contribution >= 0.6 is 11.3 Å². The van der Waals surface area contributed by atoms with Gasteiger partial charge in [0.05, 0.1) is 0 Å². The Balaban J connectivity index is 2.18. The number of nitrogens with one attached hydrogen (secondary N) is 1. The number of thiophene rings is 1. The molecule has 90 valence electrons. The van der Waals surface area contributed by atoms with Gasteiger partial charge in [0.1, 0.15) is 0 Å². The van der Waals surface area contributed by atoms with Gasteiger partial charge in [-0.2, -0.15) is 11.3 Å². The predicted octanol–water partition coefficient (Wildman–Crippen LogP) is 3.11. The van der Waals surface area contributed by atoms with E-state index < -0.39 is 0 Å². The summed E-state index contributed by atoms with van der Waals surface area (Å²) in [5, 5.41) is 8.17. The molecule has 0 aromatic carbocycles. The highest BCUT2D eigenvalue weighted by Gasteiger charge is 2.35. The molecule has 1 unspecified atom stereocenters. The molecule has 1 fully saturated rings. The van der Waals surface area contributed by atoms with Crippen LogP contribution in [0.1, 0.15) is 33.6 Å². The summed E-state index contributed by atoms with van der Waals surface area (Å²) in [4.78, 5) is 2.56. The van der Waals surface area contributed by atoms with E-state index >= 15 is 0 Å². The van der Waals surface area contributed by atoms with Crippen LogP contribution in [0.3, 0.4) is 0 Å². The molecule has 0 spiro atoms. The molecule has 0 bridgehead atoms. The van der Waals surface area contributed by atoms with Gasteiger partial charge in [-0.15, -0.1) is 0 Å². The van der Waals surface area contributed by atoms with Gasteiger partial charge in [0.25, 0.3) is 0 Å². The number of rotatable bonds is 3.